The number of carbonyl (C=O) groups is 4. The van der Waals surface area contributed by atoms with Gasteiger partial charge in [-0.3, -0.25) is 19.2 Å². The molecule has 0 unspecified atom stereocenters. The predicted molar refractivity (Wildman–Crippen MR) is 179 cm³/mol. The quantitative estimate of drug-likeness (QED) is 0.117. The molecule has 0 aliphatic heterocycles. The molecule has 2 aromatic rings. The third-order valence-corrected chi connectivity index (χ3v) is 7.55. The van der Waals surface area contributed by atoms with Gasteiger partial charge in [0.25, 0.3) is 0 Å². The van der Waals surface area contributed by atoms with Crippen LogP contribution in [0.1, 0.15) is 76.8 Å². The molecule has 0 aromatic heterocycles. The Kier molecular flexibility index (Phi) is 17.5. The van der Waals surface area contributed by atoms with Gasteiger partial charge >= 0.3 is 0 Å². The number of hydrogen-bond donors (Lipinski definition) is 6. The first kappa shape index (κ1) is 37.4. The van der Waals surface area contributed by atoms with Gasteiger partial charge in [-0.15, -0.1) is 0 Å². The Morgan fingerprint density at radius 3 is 1.80 bits per heavy atom. The molecule has 0 radical (unpaired) electrons. The maximum absolute atomic E-state index is 13.8. The maximum atomic E-state index is 13.8. The van der Waals surface area contributed by atoms with Gasteiger partial charge in [0.15, 0.2) is 0 Å². The molecular weight excluding hydrogens is 568 g/mol. The minimum Gasteiger partial charge on any atom is -0.354 e. The first-order valence-electron chi connectivity index (χ1n) is 16.4. The fourth-order valence-electron chi connectivity index (χ4n) is 5.02. The van der Waals surface area contributed by atoms with E-state index >= 15 is 0 Å². The van der Waals surface area contributed by atoms with E-state index in [2.05, 4.69) is 28.2 Å². The average molecular weight is 623 g/mol. The zero-order valence-electron chi connectivity index (χ0n) is 27.2. The van der Waals surface area contributed by atoms with Gasteiger partial charge in [-0.1, -0.05) is 94.3 Å². The standard InChI is InChI=1S/C35H54N6O4/c1-4-5-14-21-38-33(43)29(19-12-13-20-36)39-34(44)30(22-25(2)3)41-35(45)31(24-27-17-10-7-11-18-27)40-32(42)28(37)23-26-15-8-6-9-16-26/h6-11,15-18,25,28-31H,4-5,12-14,19-24,36-37H2,1-3H3,(H,38,43)(H,39,44)(H,40,42)(H,41,45)/t28-,29-,30-,31-/m1/s1. The topological polar surface area (TPSA) is 168 Å². The fourth-order valence-corrected chi connectivity index (χ4v) is 5.02. The number of benzene rings is 2. The van der Waals surface area contributed by atoms with Crippen LogP contribution in [-0.4, -0.2) is 60.9 Å². The van der Waals surface area contributed by atoms with E-state index in [9.17, 15) is 19.2 Å². The Labute approximate surface area is 268 Å². The summed E-state index contributed by atoms with van der Waals surface area (Å²) in [6, 6.07) is 15.3. The molecular formula is C35H54N6O4. The normalized spacial score (nSPS) is 13.7. The molecule has 0 spiro atoms. The first-order chi connectivity index (χ1) is 21.6. The molecule has 2 aromatic carbocycles. The van der Waals surface area contributed by atoms with Crippen LogP contribution in [0.4, 0.5) is 0 Å². The summed E-state index contributed by atoms with van der Waals surface area (Å²) in [6.07, 6.45) is 5.64. The molecule has 8 N–H and O–H groups in total. The zero-order chi connectivity index (χ0) is 33.0. The highest BCUT2D eigenvalue weighted by Gasteiger charge is 2.31. The monoisotopic (exact) mass is 622 g/mol. The van der Waals surface area contributed by atoms with Crippen LogP contribution in [0, 0.1) is 5.92 Å². The Morgan fingerprint density at radius 2 is 1.22 bits per heavy atom. The molecule has 0 bridgehead atoms. The van der Waals surface area contributed by atoms with E-state index in [-0.39, 0.29) is 18.2 Å². The molecule has 0 heterocycles. The van der Waals surface area contributed by atoms with Gasteiger partial charge in [-0.2, -0.15) is 0 Å². The number of unbranched alkanes of at least 4 members (excludes halogenated alkanes) is 3. The molecule has 248 valence electrons. The van der Waals surface area contributed by atoms with E-state index in [1.165, 1.54) is 0 Å². The lowest BCUT2D eigenvalue weighted by atomic mass is 9.99. The van der Waals surface area contributed by atoms with Gasteiger partial charge in [0.05, 0.1) is 6.04 Å². The summed E-state index contributed by atoms with van der Waals surface area (Å²) >= 11 is 0. The van der Waals surface area contributed by atoms with Gasteiger partial charge in [-0.25, -0.2) is 0 Å². The minimum atomic E-state index is -0.966. The summed E-state index contributed by atoms with van der Waals surface area (Å²) < 4.78 is 0. The molecule has 0 saturated carbocycles. The molecule has 4 atom stereocenters. The summed E-state index contributed by atoms with van der Waals surface area (Å²) in [6.45, 7) is 7.04. The summed E-state index contributed by atoms with van der Waals surface area (Å²) in [7, 11) is 0. The average Bonchev–Trinajstić information content (AvgIpc) is 3.02. The lowest BCUT2D eigenvalue weighted by Gasteiger charge is -2.27. The van der Waals surface area contributed by atoms with Crippen LogP contribution < -0.4 is 32.7 Å². The van der Waals surface area contributed by atoms with Crippen molar-refractivity contribution in [1.29, 1.82) is 0 Å². The van der Waals surface area contributed by atoms with Gasteiger partial charge in [-0.05, 0) is 62.1 Å². The predicted octanol–water partition coefficient (Wildman–Crippen LogP) is 2.74. The molecule has 45 heavy (non-hydrogen) atoms. The van der Waals surface area contributed by atoms with Crippen molar-refractivity contribution in [2.24, 2.45) is 17.4 Å². The smallest absolute Gasteiger partial charge is 0.243 e. The van der Waals surface area contributed by atoms with Crippen LogP contribution in [0.5, 0.6) is 0 Å². The summed E-state index contributed by atoms with van der Waals surface area (Å²) in [5.41, 5.74) is 13.7. The lowest BCUT2D eigenvalue weighted by molar-refractivity contribution is -0.134. The third-order valence-electron chi connectivity index (χ3n) is 7.55. The summed E-state index contributed by atoms with van der Waals surface area (Å²) in [5, 5.41) is 11.5. The van der Waals surface area contributed by atoms with Gasteiger partial charge in [0, 0.05) is 13.0 Å². The number of amides is 4. The second kappa shape index (κ2) is 21.1. The number of nitrogens with one attached hydrogen (secondary N) is 4. The highest BCUT2D eigenvalue weighted by molar-refractivity contribution is 5.95. The number of rotatable bonds is 21. The van der Waals surface area contributed by atoms with E-state index in [0.717, 1.165) is 36.8 Å². The maximum Gasteiger partial charge on any atom is 0.243 e. The van der Waals surface area contributed by atoms with E-state index in [1.807, 2.05) is 74.5 Å². The van der Waals surface area contributed by atoms with Crippen molar-refractivity contribution in [1.82, 2.24) is 21.3 Å². The third kappa shape index (κ3) is 14.7. The molecule has 4 amide bonds. The van der Waals surface area contributed by atoms with Crippen LogP contribution in [0.3, 0.4) is 0 Å². The number of carbonyl (C=O) groups excluding carboxylic acids is 4. The Morgan fingerprint density at radius 1 is 0.667 bits per heavy atom. The molecule has 10 heteroatoms. The molecule has 0 aliphatic rings. The van der Waals surface area contributed by atoms with Crippen LogP contribution >= 0.6 is 0 Å². The van der Waals surface area contributed by atoms with Crippen molar-refractivity contribution in [3.05, 3.63) is 71.8 Å². The molecule has 0 fully saturated rings. The molecule has 10 nitrogen and oxygen atoms in total. The summed E-state index contributed by atoms with van der Waals surface area (Å²) in [5.74, 6) is -1.57. The van der Waals surface area contributed by atoms with E-state index in [1.54, 1.807) is 0 Å². The highest BCUT2D eigenvalue weighted by Crippen LogP contribution is 2.10. The van der Waals surface area contributed by atoms with Gasteiger partial charge < -0.3 is 32.7 Å². The number of hydrogen-bond acceptors (Lipinski definition) is 6. The fraction of sp³-hybridized carbons (Fsp3) is 0.543. The minimum absolute atomic E-state index is 0.0704. The van der Waals surface area contributed by atoms with Crippen molar-refractivity contribution in [3.8, 4) is 0 Å². The van der Waals surface area contributed by atoms with E-state index in [0.29, 0.717) is 38.8 Å². The lowest BCUT2D eigenvalue weighted by Crippen LogP contribution is -2.58. The first-order valence-corrected chi connectivity index (χ1v) is 16.4. The Hall–Kier alpha value is -3.76. The zero-order valence-corrected chi connectivity index (χ0v) is 27.2. The van der Waals surface area contributed by atoms with Crippen molar-refractivity contribution in [2.75, 3.05) is 13.1 Å². The van der Waals surface area contributed by atoms with Crippen molar-refractivity contribution >= 4 is 23.6 Å². The Balaban J connectivity index is 2.19. The van der Waals surface area contributed by atoms with Crippen LogP contribution in [0.2, 0.25) is 0 Å². The van der Waals surface area contributed by atoms with E-state index < -0.39 is 41.9 Å². The van der Waals surface area contributed by atoms with Crippen LogP contribution in [0.25, 0.3) is 0 Å². The van der Waals surface area contributed by atoms with Crippen molar-refractivity contribution in [3.63, 3.8) is 0 Å². The van der Waals surface area contributed by atoms with Gasteiger partial charge in [0.2, 0.25) is 23.6 Å². The second-order valence-corrected chi connectivity index (χ2v) is 12.1. The van der Waals surface area contributed by atoms with Gasteiger partial charge in [0.1, 0.15) is 18.1 Å². The van der Waals surface area contributed by atoms with E-state index in [4.69, 9.17) is 11.5 Å². The summed E-state index contributed by atoms with van der Waals surface area (Å²) in [4.78, 5) is 53.6. The van der Waals surface area contributed by atoms with Crippen LogP contribution in [-0.2, 0) is 32.0 Å². The highest BCUT2D eigenvalue weighted by atomic mass is 16.2. The molecule has 0 saturated heterocycles. The van der Waals surface area contributed by atoms with Crippen LogP contribution in [0.15, 0.2) is 60.7 Å². The largest absolute Gasteiger partial charge is 0.354 e. The molecule has 2 rings (SSSR count). The van der Waals surface area contributed by atoms with Crippen molar-refractivity contribution in [2.45, 2.75) is 103 Å². The SMILES string of the molecule is CCCCCNC(=O)[C@@H](CCCCN)NC(=O)[C@@H](CC(C)C)NC(=O)[C@@H](Cc1ccccc1)NC(=O)[C@H](N)Cc1ccccc1. The number of nitrogens with two attached hydrogens (primary N) is 2. The Bertz CT molecular complexity index is 1160. The van der Waals surface area contributed by atoms with Crippen molar-refractivity contribution < 1.29 is 19.2 Å². The second-order valence-electron chi connectivity index (χ2n) is 12.1. The molecule has 0 aliphatic carbocycles.